The van der Waals surface area contributed by atoms with Crippen LogP contribution in [-0.4, -0.2) is 46.0 Å². The molecule has 124 valence electrons. The van der Waals surface area contributed by atoms with E-state index in [1.807, 2.05) is 6.07 Å². The highest BCUT2D eigenvalue weighted by atomic mass is 19.1. The Morgan fingerprint density at radius 3 is 3.04 bits per heavy atom. The average molecular weight is 319 g/mol. The Morgan fingerprint density at radius 2 is 2.26 bits per heavy atom. The highest BCUT2D eigenvalue weighted by molar-refractivity contribution is 5.16. The monoisotopic (exact) mass is 319 g/mol. The molecule has 1 fully saturated rings. The van der Waals surface area contributed by atoms with Crippen LogP contribution in [0.2, 0.25) is 0 Å². The number of nitrogens with one attached hydrogen (secondary N) is 1. The van der Waals surface area contributed by atoms with Gasteiger partial charge in [0.15, 0.2) is 0 Å². The summed E-state index contributed by atoms with van der Waals surface area (Å²) in [6, 6.07) is 8.78. The molecule has 23 heavy (non-hydrogen) atoms. The Kier molecular flexibility index (Phi) is 5.38. The van der Waals surface area contributed by atoms with E-state index in [-0.39, 0.29) is 25.1 Å². The molecule has 0 bridgehead atoms. The molecule has 2 atom stereocenters. The molecule has 2 N–H and O–H groups in total. The Labute approximate surface area is 135 Å². The van der Waals surface area contributed by atoms with Crippen molar-refractivity contribution in [1.82, 2.24) is 15.1 Å². The summed E-state index contributed by atoms with van der Waals surface area (Å²) >= 11 is 0. The summed E-state index contributed by atoms with van der Waals surface area (Å²) < 4.78 is 19.0. The van der Waals surface area contributed by atoms with Gasteiger partial charge in [-0.15, -0.1) is 0 Å². The maximum Gasteiger partial charge on any atom is 0.128 e. The van der Waals surface area contributed by atoms with Crippen molar-refractivity contribution in [2.24, 2.45) is 0 Å². The van der Waals surface area contributed by atoms with E-state index in [0.29, 0.717) is 12.1 Å². The Balaban J connectivity index is 1.46. The third-order valence-electron chi connectivity index (χ3n) is 4.22. The number of β-amino-alcohol motifs (C(OH)–C–C–N with tert-alkyl or cyclic N) is 1. The van der Waals surface area contributed by atoms with Gasteiger partial charge in [-0.3, -0.25) is 10.00 Å². The van der Waals surface area contributed by atoms with Crippen LogP contribution in [0, 0.1) is 5.82 Å². The fourth-order valence-electron chi connectivity index (χ4n) is 3.09. The van der Waals surface area contributed by atoms with E-state index < -0.39 is 6.10 Å². The molecule has 3 rings (SSSR count). The summed E-state index contributed by atoms with van der Waals surface area (Å²) in [6.45, 7) is 1.86. The molecule has 2 heterocycles. The highest BCUT2D eigenvalue weighted by Gasteiger charge is 2.28. The summed E-state index contributed by atoms with van der Waals surface area (Å²) in [7, 11) is 0. The van der Waals surface area contributed by atoms with Gasteiger partial charge in [-0.25, -0.2) is 4.39 Å². The second-order valence-electron chi connectivity index (χ2n) is 5.93. The fourth-order valence-corrected chi connectivity index (χ4v) is 3.09. The summed E-state index contributed by atoms with van der Waals surface area (Å²) in [5.74, 6) is -0.277. The van der Waals surface area contributed by atoms with Crippen molar-refractivity contribution in [3.8, 4) is 0 Å². The molecule has 0 aliphatic carbocycles. The van der Waals surface area contributed by atoms with Gasteiger partial charge in [0.25, 0.3) is 0 Å². The van der Waals surface area contributed by atoms with Gasteiger partial charge in [-0.05, 0) is 31.5 Å². The molecule has 2 aromatic rings. The number of H-pyrrole nitrogens is 1. The van der Waals surface area contributed by atoms with Gasteiger partial charge in [-0.2, -0.15) is 5.10 Å². The molecule has 0 unspecified atom stereocenters. The standard InChI is InChI=1S/C17H22FN3O2/c18-15-5-2-1-4-13(15)11-23-12-14(22)10-21-9-3-6-17(21)16-7-8-19-20-16/h1-2,4-5,7-8,14,17,22H,3,6,9-12H2,(H,19,20)/t14-,17+/m0/s1. The average Bonchev–Trinajstić information content (AvgIpc) is 3.20. The number of ether oxygens (including phenoxy) is 1. The number of hydrogen-bond acceptors (Lipinski definition) is 4. The molecular formula is C17H22FN3O2. The number of benzene rings is 1. The van der Waals surface area contributed by atoms with Crippen molar-refractivity contribution >= 4 is 0 Å². The summed E-state index contributed by atoms with van der Waals surface area (Å²) in [4.78, 5) is 2.24. The lowest BCUT2D eigenvalue weighted by Crippen LogP contribution is -2.34. The zero-order valence-corrected chi connectivity index (χ0v) is 13.0. The van der Waals surface area contributed by atoms with E-state index >= 15 is 0 Å². The molecule has 1 saturated heterocycles. The Hall–Kier alpha value is -1.76. The molecular weight excluding hydrogens is 297 g/mol. The third kappa shape index (κ3) is 4.16. The van der Waals surface area contributed by atoms with Crippen LogP contribution in [-0.2, 0) is 11.3 Å². The number of nitrogens with zero attached hydrogens (tertiary/aromatic N) is 2. The van der Waals surface area contributed by atoms with E-state index in [0.717, 1.165) is 25.1 Å². The van der Waals surface area contributed by atoms with Crippen molar-refractivity contribution in [3.05, 3.63) is 53.6 Å². The molecule has 1 aliphatic rings. The van der Waals surface area contributed by atoms with Gasteiger partial charge in [0.05, 0.1) is 31.1 Å². The summed E-state index contributed by atoms with van der Waals surface area (Å²) in [5.41, 5.74) is 1.60. The van der Waals surface area contributed by atoms with Gasteiger partial charge in [-0.1, -0.05) is 18.2 Å². The molecule has 1 aromatic carbocycles. The lowest BCUT2D eigenvalue weighted by atomic mass is 10.1. The van der Waals surface area contributed by atoms with Crippen molar-refractivity contribution < 1.29 is 14.2 Å². The van der Waals surface area contributed by atoms with Crippen LogP contribution < -0.4 is 0 Å². The fraction of sp³-hybridized carbons (Fsp3) is 0.471. The van der Waals surface area contributed by atoms with Gasteiger partial charge in [0, 0.05) is 18.3 Å². The Morgan fingerprint density at radius 1 is 1.39 bits per heavy atom. The van der Waals surface area contributed by atoms with Gasteiger partial charge in [0.1, 0.15) is 5.82 Å². The van der Waals surface area contributed by atoms with Crippen LogP contribution in [0.15, 0.2) is 36.5 Å². The number of likely N-dealkylation sites (tertiary alicyclic amines) is 1. The Bertz CT molecular complexity index is 606. The SMILES string of the molecule is O[C@H](COCc1ccccc1F)CN1CCC[C@@H]1c1ccn[nH]1. The van der Waals surface area contributed by atoms with Crippen LogP contribution in [0.25, 0.3) is 0 Å². The highest BCUT2D eigenvalue weighted by Crippen LogP contribution is 2.30. The summed E-state index contributed by atoms with van der Waals surface area (Å²) in [5, 5.41) is 17.2. The number of aromatic amines is 1. The van der Waals surface area contributed by atoms with Crippen molar-refractivity contribution in [2.75, 3.05) is 19.7 Å². The predicted octanol–water partition coefficient (Wildman–Crippen LogP) is 2.26. The molecule has 0 spiro atoms. The molecule has 5 nitrogen and oxygen atoms in total. The number of hydrogen-bond donors (Lipinski definition) is 2. The number of rotatable bonds is 7. The van der Waals surface area contributed by atoms with Crippen LogP contribution >= 0.6 is 0 Å². The molecule has 1 aromatic heterocycles. The number of aliphatic hydroxyl groups is 1. The van der Waals surface area contributed by atoms with Gasteiger partial charge in [0.2, 0.25) is 0 Å². The van der Waals surface area contributed by atoms with E-state index in [4.69, 9.17) is 4.74 Å². The normalized spacial score (nSPS) is 20.0. The summed E-state index contributed by atoms with van der Waals surface area (Å²) in [6.07, 6.45) is 3.32. The number of aliphatic hydroxyl groups excluding tert-OH is 1. The minimum absolute atomic E-state index is 0.174. The number of aromatic nitrogens is 2. The van der Waals surface area contributed by atoms with E-state index in [2.05, 4.69) is 15.1 Å². The number of halogens is 1. The first kappa shape index (κ1) is 16.1. The second kappa shape index (κ2) is 7.68. The molecule has 0 saturated carbocycles. The van der Waals surface area contributed by atoms with Gasteiger partial charge < -0.3 is 9.84 Å². The molecule has 6 heteroatoms. The second-order valence-corrected chi connectivity index (χ2v) is 5.93. The first-order valence-corrected chi connectivity index (χ1v) is 7.96. The topological polar surface area (TPSA) is 61.4 Å². The van der Waals surface area contributed by atoms with Crippen LogP contribution in [0.3, 0.4) is 0 Å². The zero-order valence-electron chi connectivity index (χ0n) is 13.0. The first-order valence-electron chi connectivity index (χ1n) is 7.96. The smallest absolute Gasteiger partial charge is 0.128 e. The van der Waals surface area contributed by atoms with Crippen molar-refractivity contribution in [2.45, 2.75) is 31.6 Å². The van der Waals surface area contributed by atoms with Gasteiger partial charge >= 0.3 is 0 Å². The van der Waals surface area contributed by atoms with E-state index in [1.165, 1.54) is 6.07 Å². The van der Waals surface area contributed by atoms with Crippen molar-refractivity contribution in [3.63, 3.8) is 0 Å². The maximum atomic E-state index is 13.5. The predicted molar refractivity (Wildman–Crippen MR) is 84.2 cm³/mol. The molecule has 0 amide bonds. The lowest BCUT2D eigenvalue weighted by molar-refractivity contribution is 0.00675. The minimum Gasteiger partial charge on any atom is -0.389 e. The van der Waals surface area contributed by atoms with E-state index in [1.54, 1.807) is 24.4 Å². The van der Waals surface area contributed by atoms with Crippen LogP contribution in [0.5, 0.6) is 0 Å². The first-order chi connectivity index (χ1) is 11.2. The third-order valence-corrected chi connectivity index (χ3v) is 4.22. The van der Waals surface area contributed by atoms with Crippen LogP contribution in [0.1, 0.15) is 30.1 Å². The lowest BCUT2D eigenvalue weighted by Gasteiger charge is -2.25. The zero-order chi connectivity index (χ0) is 16.1. The minimum atomic E-state index is -0.592. The molecule has 0 radical (unpaired) electrons. The molecule has 1 aliphatic heterocycles. The van der Waals surface area contributed by atoms with Crippen LogP contribution in [0.4, 0.5) is 4.39 Å². The quantitative estimate of drug-likeness (QED) is 0.822. The maximum absolute atomic E-state index is 13.5. The largest absolute Gasteiger partial charge is 0.389 e. The van der Waals surface area contributed by atoms with Crippen molar-refractivity contribution in [1.29, 1.82) is 0 Å². The van der Waals surface area contributed by atoms with E-state index in [9.17, 15) is 9.50 Å².